The Hall–Kier alpha value is -2.89. The molecule has 0 aliphatic carbocycles. The van der Waals surface area contributed by atoms with E-state index in [1.54, 1.807) is 17.3 Å². The zero-order chi connectivity index (χ0) is 19.2. The molecule has 0 unspecified atom stereocenters. The zero-order valence-corrected chi connectivity index (χ0v) is 15.9. The molecular weight excluding hydrogens is 340 g/mol. The number of anilines is 1. The third kappa shape index (κ3) is 4.64. The molecule has 1 aromatic heterocycles. The molecule has 0 N–H and O–H groups in total. The predicted molar refractivity (Wildman–Crippen MR) is 106 cm³/mol. The Balaban J connectivity index is 1.76. The van der Waals surface area contributed by atoms with E-state index in [-0.39, 0.29) is 11.9 Å². The average Bonchev–Trinajstić information content (AvgIpc) is 2.72. The quantitative estimate of drug-likeness (QED) is 0.737. The molecular formula is C21H26N4O2. The lowest BCUT2D eigenvalue weighted by Gasteiger charge is -2.34. The Bertz CT molecular complexity index is 771. The van der Waals surface area contributed by atoms with Crippen LogP contribution in [-0.2, 0) is 11.3 Å². The van der Waals surface area contributed by atoms with Gasteiger partial charge >= 0.3 is 0 Å². The molecule has 0 bridgehead atoms. The van der Waals surface area contributed by atoms with Crippen LogP contribution in [0.5, 0.6) is 0 Å². The molecule has 27 heavy (non-hydrogen) atoms. The van der Waals surface area contributed by atoms with Crippen LogP contribution in [0.15, 0.2) is 48.8 Å². The predicted octanol–water partition coefficient (Wildman–Crippen LogP) is 2.41. The van der Waals surface area contributed by atoms with Gasteiger partial charge in [0, 0.05) is 45.0 Å². The van der Waals surface area contributed by atoms with Gasteiger partial charge in [0.25, 0.3) is 5.91 Å². The summed E-state index contributed by atoms with van der Waals surface area (Å²) in [5.74, 6) is -0.0188. The number of piperazine rings is 1. The SMILES string of the molecule is CC(C)N(Cc1ccccc1)C(=O)c1cncc(N2CCN(C=O)CC2)c1. The maximum absolute atomic E-state index is 13.1. The van der Waals surface area contributed by atoms with E-state index >= 15 is 0 Å². The van der Waals surface area contributed by atoms with Crippen molar-refractivity contribution in [2.75, 3.05) is 31.1 Å². The molecule has 1 aliphatic heterocycles. The van der Waals surface area contributed by atoms with Crippen LogP contribution >= 0.6 is 0 Å². The minimum absolute atomic E-state index is 0.0188. The molecule has 1 aromatic carbocycles. The number of pyridine rings is 1. The lowest BCUT2D eigenvalue weighted by Crippen LogP contribution is -2.45. The third-order valence-electron chi connectivity index (χ3n) is 4.88. The summed E-state index contributed by atoms with van der Waals surface area (Å²) in [6.45, 7) is 7.49. The van der Waals surface area contributed by atoms with Gasteiger partial charge in [0.15, 0.2) is 0 Å². The average molecular weight is 366 g/mol. The first kappa shape index (κ1) is 18.9. The summed E-state index contributed by atoms with van der Waals surface area (Å²) in [6.07, 6.45) is 4.30. The number of nitrogens with zero attached hydrogens (tertiary/aromatic N) is 4. The van der Waals surface area contributed by atoms with Crippen molar-refractivity contribution in [1.29, 1.82) is 0 Å². The Morgan fingerprint density at radius 1 is 1.15 bits per heavy atom. The van der Waals surface area contributed by atoms with Crippen LogP contribution in [0.1, 0.15) is 29.8 Å². The smallest absolute Gasteiger partial charge is 0.256 e. The van der Waals surface area contributed by atoms with E-state index in [1.807, 2.05) is 55.1 Å². The molecule has 6 nitrogen and oxygen atoms in total. The topological polar surface area (TPSA) is 56.8 Å². The van der Waals surface area contributed by atoms with Gasteiger partial charge in [-0.15, -0.1) is 0 Å². The van der Waals surface area contributed by atoms with Crippen molar-refractivity contribution >= 4 is 18.0 Å². The van der Waals surface area contributed by atoms with Gasteiger partial charge in [-0.05, 0) is 25.5 Å². The summed E-state index contributed by atoms with van der Waals surface area (Å²) < 4.78 is 0. The standard InChI is InChI=1S/C21H26N4O2/c1-17(2)25(15-18-6-4-3-5-7-18)21(27)19-12-20(14-22-13-19)24-10-8-23(16-26)9-11-24/h3-7,12-14,16-17H,8-11,15H2,1-2H3. The van der Waals surface area contributed by atoms with Crippen LogP contribution in [-0.4, -0.2) is 59.3 Å². The normalized spacial score (nSPS) is 14.3. The molecule has 0 spiro atoms. The van der Waals surface area contributed by atoms with E-state index in [9.17, 15) is 9.59 Å². The minimum Gasteiger partial charge on any atom is -0.367 e. The van der Waals surface area contributed by atoms with Crippen LogP contribution in [0, 0.1) is 0 Å². The Morgan fingerprint density at radius 3 is 2.48 bits per heavy atom. The highest BCUT2D eigenvalue weighted by molar-refractivity contribution is 5.95. The first-order chi connectivity index (χ1) is 13.1. The maximum atomic E-state index is 13.1. The largest absolute Gasteiger partial charge is 0.367 e. The number of amides is 2. The van der Waals surface area contributed by atoms with Crippen molar-refractivity contribution in [2.24, 2.45) is 0 Å². The molecule has 0 atom stereocenters. The molecule has 0 saturated carbocycles. The molecule has 2 aromatic rings. The summed E-state index contributed by atoms with van der Waals surface area (Å²) in [5.41, 5.74) is 2.62. The summed E-state index contributed by atoms with van der Waals surface area (Å²) in [5, 5.41) is 0. The molecule has 3 rings (SSSR count). The third-order valence-corrected chi connectivity index (χ3v) is 4.88. The van der Waals surface area contributed by atoms with Crippen LogP contribution in [0.3, 0.4) is 0 Å². The second kappa shape index (κ2) is 8.66. The van der Waals surface area contributed by atoms with Gasteiger partial charge < -0.3 is 14.7 Å². The van der Waals surface area contributed by atoms with Gasteiger partial charge in [-0.25, -0.2) is 0 Å². The van der Waals surface area contributed by atoms with Crippen molar-refractivity contribution in [2.45, 2.75) is 26.4 Å². The highest BCUT2D eigenvalue weighted by Crippen LogP contribution is 2.19. The number of benzene rings is 1. The molecule has 1 fully saturated rings. The van der Waals surface area contributed by atoms with Gasteiger partial charge in [-0.3, -0.25) is 14.6 Å². The van der Waals surface area contributed by atoms with Gasteiger partial charge in [0.05, 0.1) is 17.4 Å². The molecule has 1 saturated heterocycles. The number of aromatic nitrogens is 1. The Morgan fingerprint density at radius 2 is 1.85 bits per heavy atom. The summed E-state index contributed by atoms with van der Waals surface area (Å²) in [4.78, 5) is 34.1. The summed E-state index contributed by atoms with van der Waals surface area (Å²) in [6, 6.07) is 12.0. The number of hydrogen-bond donors (Lipinski definition) is 0. The maximum Gasteiger partial charge on any atom is 0.256 e. The molecule has 2 amide bonds. The number of rotatable bonds is 6. The number of carbonyl (C=O) groups is 2. The van der Waals surface area contributed by atoms with Crippen molar-refractivity contribution in [1.82, 2.24) is 14.8 Å². The van der Waals surface area contributed by atoms with E-state index in [4.69, 9.17) is 0 Å². The summed E-state index contributed by atoms with van der Waals surface area (Å²) in [7, 11) is 0. The zero-order valence-electron chi connectivity index (χ0n) is 15.9. The molecule has 1 aliphatic rings. The Labute approximate surface area is 160 Å². The highest BCUT2D eigenvalue weighted by atomic mass is 16.2. The Kier molecular flexibility index (Phi) is 6.06. The van der Waals surface area contributed by atoms with Gasteiger partial charge in [-0.1, -0.05) is 30.3 Å². The lowest BCUT2D eigenvalue weighted by atomic mass is 10.1. The van der Waals surface area contributed by atoms with E-state index in [0.717, 1.165) is 30.8 Å². The van der Waals surface area contributed by atoms with Crippen molar-refractivity contribution < 1.29 is 9.59 Å². The van der Waals surface area contributed by atoms with Crippen molar-refractivity contribution in [3.8, 4) is 0 Å². The number of hydrogen-bond acceptors (Lipinski definition) is 4. The molecule has 2 heterocycles. The molecule has 0 radical (unpaired) electrons. The van der Waals surface area contributed by atoms with E-state index in [0.29, 0.717) is 25.2 Å². The fraction of sp³-hybridized carbons (Fsp3) is 0.381. The second-order valence-electron chi connectivity index (χ2n) is 7.07. The first-order valence-corrected chi connectivity index (χ1v) is 9.32. The van der Waals surface area contributed by atoms with Gasteiger partial charge in [0.1, 0.15) is 0 Å². The molecule has 6 heteroatoms. The van der Waals surface area contributed by atoms with E-state index < -0.39 is 0 Å². The fourth-order valence-electron chi connectivity index (χ4n) is 3.24. The second-order valence-corrected chi connectivity index (χ2v) is 7.07. The monoisotopic (exact) mass is 366 g/mol. The van der Waals surface area contributed by atoms with Crippen LogP contribution in [0.2, 0.25) is 0 Å². The van der Waals surface area contributed by atoms with Crippen molar-refractivity contribution in [3.05, 3.63) is 59.9 Å². The van der Waals surface area contributed by atoms with Gasteiger partial charge in [-0.2, -0.15) is 0 Å². The number of carbonyl (C=O) groups excluding carboxylic acids is 2. The first-order valence-electron chi connectivity index (χ1n) is 9.32. The molecule has 142 valence electrons. The van der Waals surface area contributed by atoms with Crippen LogP contribution in [0.4, 0.5) is 5.69 Å². The fourth-order valence-corrected chi connectivity index (χ4v) is 3.24. The van der Waals surface area contributed by atoms with Gasteiger partial charge in [0.2, 0.25) is 6.41 Å². The van der Waals surface area contributed by atoms with Crippen LogP contribution < -0.4 is 4.90 Å². The highest BCUT2D eigenvalue weighted by Gasteiger charge is 2.22. The van der Waals surface area contributed by atoms with Crippen molar-refractivity contribution in [3.63, 3.8) is 0 Å². The van der Waals surface area contributed by atoms with Crippen LogP contribution in [0.25, 0.3) is 0 Å². The minimum atomic E-state index is -0.0188. The van der Waals surface area contributed by atoms with E-state index in [1.165, 1.54) is 0 Å². The lowest BCUT2D eigenvalue weighted by molar-refractivity contribution is -0.118. The van der Waals surface area contributed by atoms with E-state index in [2.05, 4.69) is 9.88 Å². The summed E-state index contributed by atoms with van der Waals surface area (Å²) >= 11 is 0.